The summed E-state index contributed by atoms with van der Waals surface area (Å²) in [5, 5.41) is 2.99. The average molecular weight is 388 g/mol. The lowest BCUT2D eigenvalue weighted by atomic mass is 10.1. The van der Waals surface area contributed by atoms with E-state index in [0.717, 1.165) is 54.6 Å². The summed E-state index contributed by atoms with van der Waals surface area (Å²) in [6, 6.07) is 13.7. The first kappa shape index (κ1) is 18.9. The van der Waals surface area contributed by atoms with Gasteiger partial charge in [0, 0.05) is 44.1 Å². The number of pyridine rings is 1. The molecule has 4 rings (SSSR count). The Morgan fingerprint density at radius 2 is 1.55 bits per heavy atom. The Hall–Kier alpha value is -3.48. The Balaban J connectivity index is 1.44. The van der Waals surface area contributed by atoms with Gasteiger partial charge in [0.05, 0.1) is 0 Å². The molecule has 1 fully saturated rings. The number of aromatic nitrogens is 3. The topological polar surface area (TPSA) is 74.2 Å². The van der Waals surface area contributed by atoms with Gasteiger partial charge in [0.15, 0.2) is 0 Å². The van der Waals surface area contributed by atoms with E-state index in [1.54, 1.807) is 6.07 Å². The van der Waals surface area contributed by atoms with Gasteiger partial charge in [0.1, 0.15) is 23.7 Å². The fourth-order valence-electron chi connectivity index (χ4n) is 3.54. The molecule has 148 valence electrons. The van der Waals surface area contributed by atoms with Gasteiger partial charge in [-0.1, -0.05) is 24.3 Å². The Bertz CT molecular complexity index is 979. The Morgan fingerprint density at radius 3 is 2.21 bits per heavy atom. The lowest BCUT2D eigenvalue weighted by Crippen LogP contribution is -2.47. The van der Waals surface area contributed by atoms with Crippen LogP contribution in [0.1, 0.15) is 21.6 Å². The summed E-state index contributed by atoms with van der Waals surface area (Å²) in [6.45, 7) is 7.29. The highest BCUT2D eigenvalue weighted by Gasteiger charge is 2.20. The Labute approximate surface area is 170 Å². The third-order valence-corrected chi connectivity index (χ3v) is 5.18. The molecule has 0 aliphatic carbocycles. The zero-order valence-corrected chi connectivity index (χ0v) is 16.7. The van der Waals surface area contributed by atoms with Gasteiger partial charge in [-0.05, 0) is 37.1 Å². The van der Waals surface area contributed by atoms with Crippen molar-refractivity contribution in [2.24, 2.45) is 0 Å². The minimum Gasteiger partial charge on any atom is -0.353 e. The van der Waals surface area contributed by atoms with E-state index in [1.807, 2.05) is 56.4 Å². The molecule has 1 N–H and O–H groups in total. The number of nitrogens with zero attached hydrogens (tertiary/aromatic N) is 5. The monoisotopic (exact) mass is 388 g/mol. The van der Waals surface area contributed by atoms with Crippen LogP contribution in [0.5, 0.6) is 0 Å². The molecule has 1 aliphatic rings. The van der Waals surface area contributed by atoms with Crippen LogP contribution >= 0.6 is 0 Å². The van der Waals surface area contributed by atoms with Gasteiger partial charge in [0.25, 0.3) is 5.91 Å². The van der Waals surface area contributed by atoms with Gasteiger partial charge < -0.3 is 15.1 Å². The number of benzene rings is 1. The van der Waals surface area contributed by atoms with Crippen molar-refractivity contribution in [3.8, 4) is 0 Å². The molecule has 1 aromatic carbocycles. The van der Waals surface area contributed by atoms with Crippen molar-refractivity contribution in [2.45, 2.75) is 13.8 Å². The predicted octanol–water partition coefficient (Wildman–Crippen LogP) is 3.07. The van der Waals surface area contributed by atoms with E-state index in [2.05, 4.69) is 30.1 Å². The molecule has 1 aliphatic heterocycles. The van der Waals surface area contributed by atoms with Gasteiger partial charge >= 0.3 is 0 Å². The molecule has 0 unspecified atom stereocenters. The van der Waals surface area contributed by atoms with Gasteiger partial charge in [-0.2, -0.15) is 0 Å². The van der Waals surface area contributed by atoms with Crippen LogP contribution < -0.4 is 15.1 Å². The van der Waals surface area contributed by atoms with Crippen LogP contribution in [0.2, 0.25) is 0 Å². The summed E-state index contributed by atoms with van der Waals surface area (Å²) in [4.78, 5) is 30.2. The molecule has 0 spiro atoms. The van der Waals surface area contributed by atoms with Crippen molar-refractivity contribution >= 4 is 23.2 Å². The van der Waals surface area contributed by atoms with Gasteiger partial charge in [-0.25, -0.2) is 15.0 Å². The number of hydrogen-bond acceptors (Lipinski definition) is 6. The normalized spacial score (nSPS) is 14.0. The summed E-state index contributed by atoms with van der Waals surface area (Å²) < 4.78 is 0. The maximum Gasteiger partial charge on any atom is 0.274 e. The maximum absolute atomic E-state index is 12.8. The maximum atomic E-state index is 12.8. The lowest BCUT2D eigenvalue weighted by Gasteiger charge is -2.36. The molecule has 7 nitrogen and oxygen atoms in total. The smallest absolute Gasteiger partial charge is 0.274 e. The zero-order valence-electron chi connectivity index (χ0n) is 16.7. The van der Waals surface area contributed by atoms with E-state index in [4.69, 9.17) is 0 Å². The molecule has 0 radical (unpaired) electrons. The van der Waals surface area contributed by atoms with Crippen molar-refractivity contribution in [1.82, 2.24) is 15.0 Å². The number of aryl methyl sites for hydroxylation is 2. The summed E-state index contributed by atoms with van der Waals surface area (Å²) in [5.41, 5.74) is 3.25. The van der Waals surface area contributed by atoms with Crippen LogP contribution in [0.15, 0.2) is 55.0 Å². The third kappa shape index (κ3) is 4.18. The van der Waals surface area contributed by atoms with E-state index in [1.165, 1.54) is 6.33 Å². The largest absolute Gasteiger partial charge is 0.353 e. The van der Waals surface area contributed by atoms with E-state index < -0.39 is 0 Å². The number of anilines is 3. The van der Waals surface area contributed by atoms with Crippen molar-refractivity contribution in [3.05, 3.63) is 71.8 Å². The van der Waals surface area contributed by atoms with Crippen molar-refractivity contribution in [3.63, 3.8) is 0 Å². The minimum absolute atomic E-state index is 0.224. The Morgan fingerprint density at radius 1 is 0.862 bits per heavy atom. The fraction of sp³-hybridized carbons (Fsp3) is 0.273. The quantitative estimate of drug-likeness (QED) is 0.740. The van der Waals surface area contributed by atoms with Crippen LogP contribution in [0, 0.1) is 13.8 Å². The molecule has 3 heterocycles. The van der Waals surface area contributed by atoms with E-state index in [9.17, 15) is 4.79 Å². The van der Waals surface area contributed by atoms with Gasteiger partial charge in [-0.3, -0.25) is 4.79 Å². The SMILES string of the molecule is Cc1cccc(C)c1NC(=O)c1cc(N2CCN(c3ccccn3)CC2)ncn1. The van der Waals surface area contributed by atoms with Crippen molar-refractivity contribution in [1.29, 1.82) is 0 Å². The summed E-state index contributed by atoms with van der Waals surface area (Å²) in [5.74, 6) is 1.54. The average Bonchev–Trinajstić information content (AvgIpc) is 2.77. The first-order valence-electron chi connectivity index (χ1n) is 9.72. The number of carbonyl (C=O) groups is 1. The van der Waals surface area contributed by atoms with E-state index in [0.29, 0.717) is 5.69 Å². The molecule has 7 heteroatoms. The predicted molar refractivity (Wildman–Crippen MR) is 115 cm³/mol. The summed E-state index contributed by atoms with van der Waals surface area (Å²) in [6.07, 6.45) is 3.27. The van der Waals surface area contributed by atoms with E-state index in [-0.39, 0.29) is 5.91 Å². The van der Waals surface area contributed by atoms with Crippen LogP contribution in [0.25, 0.3) is 0 Å². The molecule has 29 heavy (non-hydrogen) atoms. The number of para-hydroxylation sites is 1. The summed E-state index contributed by atoms with van der Waals surface area (Å²) in [7, 11) is 0. The van der Waals surface area contributed by atoms with E-state index >= 15 is 0 Å². The van der Waals surface area contributed by atoms with Crippen molar-refractivity contribution in [2.75, 3.05) is 41.3 Å². The highest BCUT2D eigenvalue weighted by atomic mass is 16.1. The summed E-state index contributed by atoms with van der Waals surface area (Å²) >= 11 is 0. The first-order valence-corrected chi connectivity index (χ1v) is 9.72. The lowest BCUT2D eigenvalue weighted by molar-refractivity contribution is 0.102. The van der Waals surface area contributed by atoms with Crippen LogP contribution in [0.3, 0.4) is 0 Å². The second-order valence-electron chi connectivity index (χ2n) is 7.14. The minimum atomic E-state index is -0.224. The number of hydrogen-bond donors (Lipinski definition) is 1. The molecule has 0 saturated carbocycles. The zero-order chi connectivity index (χ0) is 20.2. The van der Waals surface area contributed by atoms with Crippen LogP contribution in [0.4, 0.5) is 17.3 Å². The molecule has 1 amide bonds. The third-order valence-electron chi connectivity index (χ3n) is 5.18. The number of rotatable bonds is 4. The molecule has 0 atom stereocenters. The highest BCUT2D eigenvalue weighted by molar-refractivity contribution is 6.04. The standard InChI is InChI=1S/C22H24N6O/c1-16-6-5-7-17(2)21(16)26-22(29)18-14-20(25-15-24-18)28-12-10-27(11-13-28)19-8-3-4-9-23-19/h3-9,14-15H,10-13H2,1-2H3,(H,26,29). The first-order chi connectivity index (χ1) is 14.1. The number of nitrogens with one attached hydrogen (secondary N) is 1. The number of piperazine rings is 1. The number of amides is 1. The second-order valence-corrected chi connectivity index (χ2v) is 7.14. The number of carbonyl (C=O) groups excluding carboxylic acids is 1. The van der Waals surface area contributed by atoms with Gasteiger partial charge in [-0.15, -0.1) is 0 Å². The molecule has 3 aromatic rings. The highest BCUT2D eigenvalue weighted by Crippen LogP contribution is 2.21. The van der Waals surface area contributed by atoms with Crippen molar-refractivity contribution < 1.29 is 4.79 Å². The molecule has 0 bridgehead atoms. The Kier molecular flexibility index (Phi) is 5.37. The van der Waals surface area contributed by atoms with Crippen LogP contribution in [-0.2, 0) is 0 Å². The second kappa shape index (κ2) is 8.26. The van der Waals surface area contributed by atoms with Crippen LogP contribution in [-0.4, -0.2) is 47.0 Å². The molecule has 1 saturated heterocycles. The fourth-order valence-corrected chi connectivity index (χ4v) is 3.54. The molecular weight excluding hydrogens is 364 g/mol. The molecule has 2 aromatic heterocycles. The van der Waals surface area contributed by atoms with Gasteiger partial charge in [0.2, 0.25) is 0 Å². The molecular formula is C22H24N6O.